The van der Waals surface area contributed by atoms with Gasteiger partial charge in [-0.3, -0.25) is 4.79 Å². The number of carboxylic acids is 1. The Labute approximate surface area is 159 Å². The summed E-state index contributed by atoms with van der Waals surface area (Å²) in [5.41, 5.74) is -2.81. The van der Waals surface area contributed by atoms with Gasteiger partial charge >= 0.3 is 24.5 Å². The van der Waals surface area contributed by atoms with Crippen LogP contribution in [0, 0.1) is 11.8 Å². The minimum Gasteiger partial charge on any atom is -0.481 e. The van der Waals surface area contributed by atoms with E-state index in [1.54, 1.807) is 0 Å². The van der Waals surface area contributed by atoms with E-state index in [4.69, 9.17) is 10.8 Å². The van der Waals surface area contributed by atoms with Crippen LogP contribution >= 0.6 is 0 Å². The molecule has 12 heteroatoms. The Morgan fingerprint density at radius 2 is 1.38 bits per heavy atom. The molecule has 0 saturated carbocycles. The zero-order valence-corrected chi connectivity index (χ0v) is 15.1. The number of nitrogens with two attached hydrogens (primary N) is 1. The average Bonchev–Trinajstić information content (AvgIpc) is 2.54. The van der Waals surface area contributed by atoms with Gasteiger partial charge in [0.25, 0.3) is 0 Å². The average molecular weight is 439 g/mol. The maximum Gasteiger partial charge on any atom is 0.417 e. The van der Waals surface area contributed by atoms with E-state index in [0.29, 0.717) is 0 Å². The zero-order valence-electron chi connectivity index (χ0n) is 15.1. The molecule has 0 aliphatic rings. The number of carbonyl (C=O) groups is 1. The molecule has 3 N–H and O–H groups in total. The molecule has 0 fully saturated rings. The first-order valence-electron chi connectivity index (χ1n) is 8.24. The lowest BCUT2D eigenvalue weighted by molar-refractivity contribution is -0.164. The van der Waals surface area contributed by atoms with Gasteiger partial charge in [0.15, 0.2) is 0 Å². The van der Waals surface area contributed by atoms with Crippen LogP contribution in [0.5, 0.6) is 0 Å². The van der Waals surface area contributed by atoms with Crippen molar-refractivity contribution in [3.05, 3.63) is 34.4 Å². The summed E-state index contributed by atoms with van der Waals surface area (Å²) < 4.78 is 120. The molecule has 0 aromatic heterocycles. The molecule has 0 aliphatic carbocycles. The summed E-state index contributed by atoms with van der Waals surface area (Å²) in [5.74, 6) is -5.53. The summed E-state index contributed by atoms with van der Waals surface area (Å²) in [6.07, 6.45) is -17.0. The van der Waals surface area contributed by atoms with Gasteiger partial charge in [0, 0.05) is 6.54 Å². The molecule has 3 atom stereocenters. The van der Waals surface area contributed by atoms with Crippen LogP contribution < -0.4 is 5.73 Å². The number of aliphatic carboxylic acids is 1. The fourth-order valence-corrected chi connectivity index (χ4v) is 3.12. The third kappa shape index (κ3) is 5.77. The van der Waals surface area contributed by atoms with Gasteiger partial charge in [0.2, 0.25) is 0 Å². The molecule has 3 nitrogen and oxygen atoms in total. The van der Waals surface area contributed by atoms with Crippen molar-refractivity contribution in [1.82, 2.24) is 0 Å². The fourth-order valence-electron chi connectivity index (χ4n) is 3.12. The Balaban J connectivity index is 3.77. The Bertz CT molecular complexity index is 738. The monoisotopic (exact) mass is 439 g/mol. The van der Waals surface area contributed by atoms with E-state index in [1.165, 1.54) is 0 Å². The largest absolute Gasteiger partial charge is 0.481 e. The van der Waals surface area contributed by atoms with E-state index < -0.39 is 77.5 Å². The van der Waals surface area contributed by atoms with Crippen molar-refractivity contribution in [3.63, 3.8) is 0 Å². The second-order valence-corrected chi connectivity index (χ2v) is 6.72. The van der Waals surface area contributed by atoms with Crippen molar-refractivity contribution in [2.24, 2.45) is 17.6 Å². The highest BCUT2D eigenvalue weighted by atomic mass is 19.4. The number of benzene rings is 1. The molecule has 0 amide bonds. The first-order chi connectivity index (χ1) is 12.9. The Morgan fingerprint density at radius 1 is 0.931 bits per heavy atom. The predicted octanol–water partition coefficient (Wildman–Crippen LogP) is 5.53. The summed E-state index contributed by atoms with van der Waals surface area (Å²) >= 11 is 0. The van der Waals surface area contributed by atoms with Gasteiger partial charge in [-0.1, -0.05) is 13.8 Å². The lowest BCUT2D eigenvalue weighted by Crippen LogP contribution is -2.29. The van der Waals surface area contributed by atoms with E-state index in [9.17, 15) is 44.3 Å². The molecule has 166 valence electrons. The summed E-state index contributed by atoms with van der Waals surface area (Å²) in [6.45, 7) is 1.63. The summed E-state index contributed by atoms with van der Waals surface area (Å²) in [7, 11) is 0. The minimum absolute atomic E-state index is 0.0335. The summed E-state index contributed by atoms with van der Waals surface area (Å²) in [5, 5.41) is 9.00. The Morgan fingerprint density at radius 3 is 1.72 bits per heavy atom. The van der Waals surface area contributed by atoms with E-state index in [1.807, 2.05) is 0 Å². The smallest absolute Gasteiger partial charge is 0.417 e. The highest BCUT2D eigenvalue weighted by molar-refractivity contribution is 5.70. The number of rotatable bonds is 6. The van der Waals surface area contributed by atoms with Gasteiger partial charge in [-0.25, -0.2) is 0 Å². The molecule has 0 saturated heterocycles. The standard InChI is InChI=1S/C17H18F9NO2/c1-7(5-9(6-27)14(28)29)8(2)12-10(15(18,19)20)3-4-11(16(21,22)23)13(12)17(24,25)26/h3-4,7-9H,5-6,27H2,1-2H3,(H,28,29). The number of carboxylic acid groups (broad SMARTS) is 1. The van der Waals surface area contributed by atoms with Crippen LogP contribution in [0.15, 0.2) is 12.1 Å². The number of hydrogen-bond acceptors (Lipinski definition) is 2. The molecule has 1 aromatic rings. The second-order valence-electron chi connectivity index (χ2n) is 6.72. The number of hydrogen-bond donors (Lipinski definition) is 2. The van der Waals surface area contributed by atoms with Crippen LogP contribution in [-0.2, 0) is 23.3 Å². The van der Waals surface area contributed by atoms with Crippen molar-refractivity contribution >= 4 is 5.97 Å². The van der Waals surface area contributed by atoms with Gasteiger partial charge in [-0.15, -0.1) is 0 Å². The van der Waals surface area contributed by atoms with Crippen LogP contribution in [-0.4, -0.2) is 17.6 Å². The van der Waals surface area contributed by atoms with Crippen LogP contribution in [0.1, 0.15) is 48.4 Å². The SMILES string of the molecule is CC(CC(CN)C(=O)O)C(C)c1c(C(F)(F)F)ccc(C(F)(F)F)c1C(F)(F)F. The maximum atomic E-state index is 13.5. The lowest BCUT2D eigenvalue weighted by Gasteiger charge is -2.30. The first-order valence-corrected chi connectivity index (χ1v) is 8.24. The van der Waals surface area contributed by atoms with Crippen molar-refractivity contribution in [1.29, 1.82) is 0 Å². The molecule has 0 heterocycles. The van der Waals surface area contributed by atoms with Crippen molar-refractivity contribution in [2.45, 2.75) is 44.7 Å². The molecule has 0 aliphatic heterocycles. The molecule has 1 rings (SSSR count). The lowest BCUT2D eigenvalue weighted by atomic mass is 9.77. The normalized spacial score (nSPS) is 16.4. The Hall–Kier alpha value is -1.98. The fraction of sp³-hybridized carbons (Fsp3) is 0.588. The maximum absolute atomic E-state index is 13.5. The topological polar surface area (TPSA) is 63.3 Å². The van der Waals surface area contributed by atoms with Crippen LogP contribution in [0.2, 0.25) is 0 Å². The molecule has 0 bridgehead atoms. The quantitative estimate of drug-likeness (QED) is 0.573. The summed E-state index contributed by atoms with van der Waals surface area (Å²) in [4.78, 5) is 11.1. The number of halogens is 9. The van der Waals surface area contributed by atoms with Crippen molar-refractivity contribution < 1.29 is 49.4 Å². The third-order valence-corrected chi connectivity index (χ3v) is 4.74. The molecule has 0 spiro atoms. The molecular formula is C17H18F9NO2. The third-order valence-electron chi connectivity index (χ3n) is 4.74. The number of alkyl halides is 9. The van der Waals surface area contributed by atoms with E-state index in [2.05, 4.69) is 0 Å². The van der Waals surface area contributed by atoms with Gasteiger partial charge in [-0.05, 0) is 36.0 Å². The second kappa shape index (κ2) is 8.41. The van der Waals surface area contributed by atoms with E-state index >= 15 is 0 Å². The van der Waals surface area contributed by atoms with Gasteiger partial charge in [0.1, 0.15) is 0 Å². The van der Waals surface area contributed by atoms with Gasteiger partial charge < -0.3 is 10.8 Å². The summed E-state index contributed by atoms with van der Waals surface area (Å²) in [6, 6.07) is -0.277. The van der Waals surface area contributed by atoms with E-state index in [-0.39, 0.29) is 12.1 Å². The molecule has 3 unspecified atom stereocenters. The minimum atomic E-state index is -5.73. The van der Waals surface area contributed by atoms with Gasteiger partial charge in [-0.2, -0.15) is 39.5 Å². The molecule has 29 heavy (non-hydrogen) atoms. The molecular weight excluding hydrogens is 421 g/mol. The zero-order chi connectivity index (χ0) is 22.9. The highest BCUT2D eigenvalue weighted by Crippen LogP contribution is 2.49. The van der Waals surface area contributed by atoms with Crippen LogP contribution in [0.4, 0.5) is 39.5 Å². The molecule has 1 aromatic carbocycles. The molecule has 0 radical (unpaired) electrons. The Kier molecular flexibility index (Phi) is 7.26. The van der Waals surface area contributed by atoms with Gasteiger partial charge in [0.05, 0.1) is 22.6 Å². The van der Waals surface area contributed by atoms with E-state index in [0.717, 1.165) is 13.8 Å². The predicted molar refractivity (Wildman–Crippen MR) is 83.8 cm³/mol. The van der Waals surface area contributed by atoms with Crippen LogP contribution in [0.25, 0.3) is 0 Å². The highest BCUT2D eigenvalue weighted by Gasteiger charge is 2.49. The van der Waals surface area contributed by atoms with Crippen molar-refractivity contribution in [3.8, 4) is 0 Å². The van der Waals surface area contributed by atoms with Crippen LogP contribution in [0.3, 0.4) is 0 Å². The van der Waals surface area contributed by atoms with Crippen molar-refractivity contribution in [2.75, 3.05) is 6.54 Å². The first kappa shape index (κ1) is 25.1.